The molecule has 0 spiro atoms. The summed E-state index contributed by atoms with van der Waals surface area (Å²) in [5, 5.41) is 11.8. The van der Waals surface area contributed by atoms with E-state index in [0.717, 1.165) is 24.0 Å². The molecule has 0 aliphatic carbocycles. The third kappa shape index (κ3) is 4.54. The highest BCUT2D eigenvalue weighted by molar-refractivity contribution is 6.46. The lowest BCUT2D eigenvalue weighted by atomic mass is 9.93. The van der Waals surface area contributed by atoms with E-state index in [4.69, 9.17) is 32.7 Å². The minimum atomic E-state index is -0.784. The number of amides is 1. The predicted octanol–water partition coefficient (Wildman–Crippen LogP) is 5.73. The zero-order valence-corrected chi connectivity index (χ0v) is 20.8. The van der Waals surface area contributed by atoms with Crippen molar-refractivity contribution in [2.45, 2.75) is 44.8 Å². The van der Waals surface area contributed by atoms with E-state index in [1.807, 2.05) is 24.3 Å². The molecule has 8 heteroatoms. The number of carbonyl (C=O) groups excluding carboxylic acids is 2. The summed E-state index contributed by atoms with van der Waals surface area (Å²) in [4.78, 5) is 27.9. The van der Waals surface area contributed by atoms with Gasteiger partial charge in [0, 0.05) is 18.2 Å². The molecule has 0 aromatic heterocycles. The number of benzene rings is 2. The van der Waals surface area contributed by atoms with Crippen LogP contribution in [0.5, 0.6) is 5.75 Å². The first-order chi connectivity index (χ1) is 16.2. The fourth-order valence-corrected chi connectivity index (χ4v) is 5.15. The van der Waals surface area contributed by atoms with Crippen molar-refractivity contribution in [2.24, 2.45) is 0 Å². The standard InChI is InChI=1S/C26H27Cl2NO5/c1-14(2)15-6-8-16(9-7-15)22-21(23(30)19-11-17(27)12-20(28)25(19)33-3)24(31)26(32)29(22)13-18-5-4-10-34-18/h6-9,11-12,14,18,22,30H,4-5,10,13H2,1-3H3/b23-21+. The molecule has 0 bridgehead atoms. The second-order valence-corrected chi connectivity index (χ2v) is 9.72. The van der Waals surface area contributed by atoms with Crippen molar-refractivity contribution in [2.75, 3.05) is 20.3 Å². The van der Waals surface area contributed by atoms with Gasteiger partial charge in [-0.15, -0.1) is 0 Å². The molecule has 1 amide bonds. The molecular formula is C26H27Cl2NO5. The van der Waals surface area contributed by atoms with E-state index in [1.165, 1.54) is 24.1 Å². The molecule has 2 atom stereocenters. The van der Waals surface area contributed by atoms with Crippen molar-refractivity contribution < 1.29 is 24.2 Å². The van der Waals surface area contributed by atoms with Crippen LogP contribution in [0.2, 0.25) is 10.0 Å². The molecule has 0 radical (unpaired) electrons. The van der Waals surface area contributed by atoms with Crippen LogP contribution in [0.15, 0.2) is 42.0 Å². The first-order valence-electron chi connectivity index (χ1n) is 11.3. The zero-order valence-electron chi connectivity index (χ0n) is 19.3. The number of methoxy groups -OCH3 is 1. The second kappa shape index (κ2) is 9.98. The number of hydrogen-bond acceptors (Lipinski definition) is 5. The van der Waals surface area contributed by atoms with Crippen LogP contribution < -0.4 is 4.74 Å². The van der Waals surface area contributed by atoms with Crippen LogP contribution in [0.1, 0.15) is 55.3 Å². The topological polar surface area (TPSA) is 76.1 Å². The van der Waals surface area contributed by atoms with Gasteiger partial charge in [0.1, 0.15) is 11.5 Å². The Labute approximate surface area is 209 Å². The maximum Gasteiger partial charge on any atom is 0.295 e. The number of ketones is 1. The molecule has 6 nitrogen and oxygen atoms in total. The molecule has 2 aromatic rings. The van der Waals surface area contributed by atoms with Gasteiger partial charge in [0.25, 0.3) is 11.7 Å². The first-order valence-corrected chi connectivity index (χ1v) is 12.0. The highest BCUT2D eigenvalue weighted by atomic mass is 35.5. The van der Waals surface area contributed by atoms with Crippen LogP contribution in [0.3, 0.4) is 0 Å². The molecule has 2 aliphatic heterocycles. The minimum absolute atomic E-state index is 0.0306. The van der Waals surface area contributed by atoms with E-state index >= 15 is 0 Å². The number of aliphatic hydroxyl groups excluding tert-OH is 1. The van der Waals surface area contributed by atoms with Crippen LogP contribution in [-0.4, -0.2) is 48.1 Å². The average molecular weight is 504 g/mol. The Morgan fingerprint density at radius 2 is 1.91 bits per heavy atom. The summed E-state index contributed by atoms with van der Waals surface area (Å²) in [6, 6.07) is 9.90. The Balaban J connectivity index is 1.88. The number of nitrogens with zero attached hydrogens (tertiary/aromatic N) is 1. The van der Waals surface area contributed by atoms with Crippen LogP contribution in [0, 0.1) is 0 Å². The van der Waals surface area contributed by atoms with Gasteiger partial charge in [0.05, 0.1) is 35.4 Å². The van der Waals surface area contributed by atoms with Crippen molar-refractivity contribution in [1.82, 2.24) is 4.90 Å². The van der Waals surface area contributed by atoms with Gasteiger partial charge >= 0.3 is 0 Å². The molecule has 34 heavy (non-hydrogen) atoms. The minimum Gasteiger partial charge on any atom is -0.507 e. The summed E-state index contributed by atoms with van der Waals surface area (Å²) in [6.07, 6.45) is 1.55. The van der Waals surface area contributed by atoms with E-state index in [9.17, 15) is 14.7 Å². The molecule has 2 aromatic carbocycles. The Kier molecular flexibility index (Phi) is 7.22. The van der Waals surface area contributed by atoms with Gasteiger partial charge in [-0.3, -0.25) is 9.59 Å². The largest absolute Gasteiger partial charge is 0.507 e. The van der Waals surface area contributed by atoms with E-state index < -0.39 is 17.7 Å². The number of aliphatic hydroxyl groups is 1. The highest BCUT2D eigenvalue weighted by Gasteiger charge is 2.47. The van der Waals surface area contributed by atoms with Crippen molar-refractivity contribution in [3.8, 4) is 5.75 Å². The number of halogens is 2. The van der Waals surface area contributed by atoms with Crippen LogP contribution in [0.25, 0.3) is 5.76 Å². The van der Waals surface area contributed by atoms with E-state index in [-0.39, 0.29) is 45.3 Å². The Morgan fingerprint density at radius 1 is 1.21 bits per heavy atom. The quantitative estimate of drug-likeness (QED) is 0.309. The summed E-state index contributed by atoms with van der Waals surface area (Å²) in [5.41, 5.74) is 1.97. The molecular weight excluding hydrogens is 477 g/mol. The highest BCUT2D eigenvalue weighted by Crippen LogP contribution is 2.43. The number of ether oxygens (including phenoxy) is 2. The lowest BCUT2D eigenvalue weighted by Crippen LogP contribution is -2.36. The maximum absolute atomic E-state index is 13.3. The SMILES string of the molecule is COc1c(Cl)cc(Cl)cc1/C(O)=C1\C(=O)C(=O)N(CC2CCCO2)C1c1ccc(C(C)C)cc1. The normalized spacial score (nSPS) is 22.1. The number of likely N-dealkylation sites (tertiary alicyclic amines) is 1. The predicted molar refractivity (Wildman–Crippen MR) is 132 cm³/mol. The number of Topliss-reactive ketones (excluding diaryl/α,β-unsaturated/α-hetero) is 1. The van der Waals surface area contributed by atoms with E-state index in [1.54, 1.807) is 0 Å². The van der Waals surface area contributed by atoms with Gasteiger partial charge < -0.3 is 19.5 Å². The summed E-state index contributed by atoms with van der Waals surface area (Å²) in [5.74, 6) is -1.34. The third-order valence-corrected chi connectivity index (χ3v) is 6.85. The lowest BCUT2D eigenvalue weighted by molar-refractivity contribution is -0.140. The second-order valence-electron chi connectivity index (χ2n) is 8.88. The summed E-state index contributed by atoms with van der Waals surface area (Å²) < 4.78 is 11.1. The molecule has 2 saturated heterocycles. The van der Waals surface area contributed by atoms with Gasteiger partial charge in [-0.1, -0.05) is 61.3 Å². The molecule has 0 saturated carbocycles. The molecule has 4 rings (SSSR count). The molecule has 2 heterocycles. The van der Waals surface area contributed by atoms with Crippen LogP contribution >= 0.6 is 23.2 Å². The van der Waals surface area contributed by atoms with Crippen molar-refractivity contribution >= 4 is 40.7 Å². The Bertz CT molecular complexity index is 1140. The lowest BCUT2D eigenvalue weighted by Gasteiger charge is -2.28. The first kappa shape index (κ1) is 24.6. The van der Waals surface area contributed by atoms with E-state index in [2.05, 4.69) is 13.8 Å². The molecule has 2 aliphatic rings. The summed E-state index contributed by atoms with van der Waals surface area (Å²) in [7, 11) is 1.41. The molecule has 180 valence electrons. The fraction of sp³-hybridized carbons (Fsp3) is 0.385. The van der Waals surface area contributed by atoms with Gasteiger partial charge in [0.2, 0.25) is 0 Å². The van der Waals surface area contributed by atoms with Gasteiger partial charge in [-0.25, -0.2) is 0 Å². The molecule has 2 unspecified atom stereocenters. The van der Waals surface area contributed by atoms with Crippen molar-refractivity contribution in [3.05, 3.63) is 68.7 Å². The maximum atomic E-state index is 13.3. The van der Waals surface area contributed by atoms with Gasteiger partial charge in [-0.2, -0.15) is 0 Å². The fourth-order valence-electron chi connectivity index (χ4n) is 4.57. The number of rotatable bonds is 6. The van der Waals surface area contributed by atoms with Crippen molar-refractivity contribution in [1.29, 1.82) is 0 Å². The van der Waals surface area contributed by atoms with Crippen molar-refractivity contribution in [3.63, 3.8) is 0 Å². The van der Waals surface area contributed by atoms with E-state index in [0.29, 0.717) is 12.5 Å². The number of carbonyl (C=O) groups is 2. The Morgan fingerprint density at radius 3 is 2.50 bits per heavy atom. The average Bonchev–Trinajstić information content (AvgIpc) is 3.40. The molecule has 2 fully saturated rings. The number of hydrogen-bond donors (Lipinski definition) is 1. The van der Waals surface area contributed by atoms with Crippen LogP contribution in [0.4, 0.5) is 0 Å². The summed E-state index contributed by atoms with van der Waals surface area (Å²) in [6.45, 7) is 5.06. The van der Waals surface area contributed by atoms with Crippen LogP contribution in [-0.2, 0) is 14.3 Å². The zero-order chi connectivity index (χ0) is 24.6. The summed E-state index contributed by atoms with van der Waals surface area (Å²) >= 11 is 12.5. The third-order valence-electron chi connectivity index (χ3n) is 6.35. The van der Waals surface area contributed by atoms with Gasteiger partial charge in [-0.05, 0) is 42.0 Å². The Hall–Kier alpha value is -2.54. The molecule has 1 N–H and O–H groups in total. The smallest absolute Gasteiger partial charge is 0.295 e. The van der Waals surface area contributed by atoms with Gasteiger partial charge in [0.15, 0.2) is 0 Å². The monoisotopic (exact) mass is 503 g/mol.